The number of nitrogens with one attached hydrogen (secondary N) is 1. The first-order valence-electron chi connectivity index (χ1n) is 14.3. The van der Waals surface area contributed by atoms with Gasteiger partial charge in [0.1, 0.15) is 0 Å². The van der Waals surface area contributed by atoms with Gasteiger partial charge in [-0.05, 0) is 47.1 Å². The van der Waals surface area contributed by atoms with Gasteiger partial charge in [0, 0.05) is 40.6 Å². The van der Waals surface area contributed by atoms with E-state index in [0.29, 0.717) is 22.9 Å². The lowest BCUT2D eigenvalue weighted by molar-refractivity contribution is -0.414. The van der Waals surface area contributed by atoms with E-state index in [1.165, 1.54) is 4.98 Å². The fraction of sp³-hybridized carbons (Fsp3) is 0.615. The predicted molar refractivity (Wildman–Crippen MR) is 140 cm³/mol. The molecule has 0 amide bonds. The van der Waals surface area contributed by atoms with Crippen LogP contribution in [0.5, 0.6) is 0 Å². The van der Waals surface area contributed by atoms with E-state index in [9.17, 15) is 34.5 Å². The van der Waals surface area contributed by atoms with Crippen LogP contribution in [-0.2, 0) is 21.7 Å². The second-order valence-corrected chi connectivity index (χ2v) is 12.8. The normalized spacial score (nSPS) is 15.1. The number of hydrogen-bond acceptors (Lipinski definition) is 0. The van der Waals surface area contributed by atoms with Gasteiger partial charge in [0.25, 0.3) is 0 Å². The highest BCUT2D eigenvalue weighted by molar-refractivity contribution is 6.50. The summed E-state index contributed by atoms with van der Waals surface area (Å²) in [6.45, 7) is 23.4. The highest BCUT2D eigenvalue weighted by Crippen LogP contribution is 2.35. The molecule has 2 rings (SSSR count). The third kappa shape index (κ3) is 14.7. The van der Waals surface area contributed by atoms with Crippen LogP contribution in [0.25, 0.3) is 11.1 Å². The Morgan fingerprint density at radius 1 is 0.553 bits per heavy atom. The molecule has 0 aromatic carbocycles. The molecule has 0 saturated carbocycles. The lowest BCUT2D eigenvalue weighted by Gasteiger charge is -2.20. The summed E-state index contributed by atoms with van der Waals surface area (Å²) >= 11 is 0. The maximum atomic E-state index is 9.75. The molecule has 0 fully saturated rings. The molecule has 12 heteroatoms. The van der Waals surface area contributed by atoms with Crippen molar-refractivity contribution in [1.29, 1.82) is 0 Å². The van der Waals surface area contributed by atoms with Gasteiger partial charge in [0.2, 0.25) is 0 Å². The van der Waals surface area contributed by atoms with E-state index in [4.69, 9.17) is 11.3 Å². The highest BCUT2D eigenvalue weighted by Gasteiger charge is 2.35. The quantitative estimate of drug-likeness (QED) is 0.193. The topological polar surface area (TPSA) is 25.4 Å². The number of pyridine rings is 1. The average molecular weight is 562 g/mol. The molecule has 2 nitrogen and oxygen atoms in total. The maximum Gasteiger partial charge on any atom is 0.673 e. The first-order valence-corrected chi connectivity index (χ1v) is 11.9. The van der Waals surface area contributed by atoms with Crippen LogP contribution in [0.4, 0.5) is 34.5 Å². The first-order chi connectivity index (χ1) is 18.5. The fourth-order valence-corrected chi connectivity index (χ4v) is 2.49. The van der Waals surface area contributed by atoms with Crippen molar-refractivity contribution >= 4 is 14.5 Å². The first kappa shape index (κ1) is 27.4. The number of aromatic amines is 1. The fourth-order valence-electron chi connectivity index (χ4n) is 2.49. The van der Waals surface area contributed by atoms with Gasteiger partial charge >= 0.3 is 27.4 Å². The van der Waals surface area contributed by atoms with Crippen molar-refractivity contribution < 1.29 is 50.8 Å². The molecule has 38 heavy (non-hydrogen) atoms. The Morgan fingerprint density at radius 3 is 1.00 bits per heavy atom. The zero-order valence-electron chi connectivity index (χ0n) is 29.0. The molecule has 0 aliphatic rings. The summed E-state index contributed by atoms with van der Waals surface area (Å²) < 4.78 is 129. The Kier molecular flexibility index (Phi) is 8.62. The summed E-state index contributed by atoms with van der Waals surface area (Å²) in [7, 11) is -12.0. The van der Waals surface area contributed by atoms with Crippen LogP contribution < -0.4 is 4.98 Å². The zero-order valence-corrected chi connectivity index (χ0v) is 24.0. The number of halogens is 8. The standard InChI is InChI=1S/C26H40NO.2BF4/c1-23(2,3)19-13-17(14-20(27-19)24(4,5)6)18-15-21(25(7,8)9)28-22(16-18)26(10,11)12;2*2-1(3,4)5/h13-16H,1-12H3;;/q+1;2*-1/p+1/i13D,14D,15D,16D;;/hD. The summed E-state index contributed by atoms with van der Waals surface area (Å²) in [6, 6.07) is 0.0988. The predicted octanol–water partition coefficient (Wildman–Crippen LogP) is 9.83. The molecule has 0 atom stereocenters. The van der Waals surface area contributed by atoms with E-state index >= 15 is 0 Å². The van der Waals surface area contributed by atoms with Crippen molar-refractivity contribution in [2.45, 2.75) is 105 Å². The van der Waals surface area contributed by atoms with E-state index in [2.05, 4.69) is 0 Å². The molecule has 0 bridgehead atoms. The van der Waals surface area contributed by atoms with E-state index in [-0.39, 0.29) is 35.3 Å². The molecular formula is C26H41B2F8NO. The Bertz CT molecular complexity index is 1210. The Labute approximate surface area is 228 Å². The van der Waals surface area contributed by atoms with E-state index in [1.54, 1.807) is 0 Å². The van der Waals surface area contributed by atoms with Crippen LogP contribution in [0.15, 0.2) is 28.6 Å². The molecule has 0 aliphatic heterocycles. The molecule has 2 heterocycles. The molecule has 218 valence electrons. The number of rotatable bonds is 1. The molecule has 0 spiro atoms. The van der Waals surface area contributed by atoms with Crippen molar-refractivity contribution in [3.05, 3.63) is 47.1 Å². The third-order valence-electron chi connectivity index (χ3n) is 4.42. The van der Waals surface area contributed by atoms with Crippen LogP contribution >= 0.6 is 0 Å². The van der Waals surface area contributed by atoms with Crippen LogP contribution in [0, 0.1) is 0 Å². The van der Waals surface area contributed by atoms with E-state index < -0.39 is 36.2 Å². The van der Waals surface area contributed by atoms with E-state index in [1.807, 2.05) is 83.1 Å². The summed E-state index contributed by atoms with van der Waals surface area (Å²) in [5.41, 5.74) is -0.741. The van der Waals surface area contributed by atoms with Gasteiger partial charge in [0.15, 0.2) is 11.4 Å². The average Bonchev–Trinajstić information content (AvgIpc) is 2.63. The lowest BCUT2D eigenvalue weighted by atomic mass is 9.84. The van der Waals surface area contributed by atoms with Crippen molar-refractivity contribution in [2.24, 2.45) is 0 Å². The number of hydrogen-bond donors (Lipinski definition) is 0. The smallest absolute Gasteiger partial charge is 0.418 e. The maximum absolute atomic E-state index is 9.75. The molecule has 0 radical (unpaired) electrons. The van der Waals surface area contributed by atoms with Crippen molar-refractivity contribution in [3.8, 4) is 11.1 Å². The summed E-state index contributed by atoms with van der Waals surface area (Å²) in [4.78, 5) is 1.23. The second kappa shape index (κ2) is 11.9. The Balaban J connectivity index is 0.00000152. The minimum atomic E-state index is -6.00. The second-order valence-electron chi connectivity index (χ2n) is 12.8. The van der Waals surface area contributed by atoms with Gasteiger partial charge in [-0.25, -0.2) is 9.39 Å². The van der Waals surface area contributed by atoms with Crippen molar-refractivity contribution in [3.63, 3.8) is 0 Å². The van der Waals surface area contributed by atoms with Gasteiger partial charge < -0.3 is 34.5 Å². The number of H-pyrrole nitrogens is 1. The van der Waals surface area contributed by atoms with Crippen LogP contribution in [0.2, 0.25) is 1.41 Å². The third-order valence-corrected chi connectivity index (χ3v) is 4.42. The van der Waals surface area contributed by atoms with Gasteiger partial charge in [-0.3, -0.25) is 0 Å². The van der Waals surface area contributed by atoms with Gasteiger partial charge in [-0.1, -0.05) is 41.5 Å². The SMILES string of the molecule is F[B-](F)(F)F.F[B-](F)(F)F.[2H]c1c(C(C)(C)C)[o+]c(C(C)(C)C)c([2H])c1-c1c([2H])c(C(C)(C)C)[n+]([2H])c(C(C)(C)C)c1[2H]. The molecular weight excluding hydrogens is 516 g/mol. The van der Waals surface area contributed by atoms with Crippen LogP contribution in [-0.4, -0.2) is 14.5 Å². The van der Waals surface area contributed by atoms with Gasteiger partial charge in [0.05, 0.1) is 16.3 Å². The summed E-state index contributed by atoms with van der Waals surface area (Å²) in [5.74, 6) is 0.851. The zero-order chi connectivity index (χ0) is 35.1. The van der Waals surface area contributed by atoms with Crippen molar-refractivity contribution in [1.82, 2.24) is 0 Å². The van der Waals surface area contributed by atoms with Crippen LogP contribution in [0.3, 0.4) is 0 Å². The molecule has 2 aromatic heterocycles. The summed E-state index contributed by atoms with van der Waals surface area (Å²) in [6.07, 6.45) is 0. The van der Waals surface area contributed by atoms with E-state index in [0.717, 1.165) is 0 Å². The Hall–Kier alpha value is -2.13. The molecule has 0 unspecified atom stereocenters. The summed E-state index contributed by atoms with van der Waals surface area (Å²) in [5, 5.41) is 0. The molecule has 0 saturated heterocycles. The monoisotopic (exact) mass is 562 g/mol. The molecule has 1 N–H and O–H groups in total. The highest BCUT2D eigenvalue weighted by atomic mass is 19.5. The van der Waals surface area contributed by atoms with Crippen LogP contribution in [0.1, 0.15) is 111 Å². The largest absolute Gasteiger partial charge is 0.673 e. The van der Waals surface area contributed by atoms with Crippen molar-refractivity contribution in [2.75, 3.05) is 0 Å². The van der Waals surface area contributed by atoms with Gasteiger partial charge in [-0.15, -0.1) is 0 Å². The number of aromatic nitrogens is 1. The lowest BCUT2D eigenvalue weighted by Crippen LogP contribution is -2.32. The minimum Gasteiger partial charge on any atom is -0.418 e. The minimum absolute atomic E-state index is 0.0171. The molecule has 2 aromatic rings. The Morgan fingerprint density at radius 2 is 0.789 bits per heavy atom. The molecule has 0 aliphatic carbocycles. The van der Waals surface area contributed by atoms with Gasteiger partial charge in [-0.2, -0.15) is 0 Å².